The number of fused-ring (bicyclic) bond motifs is 4. The number of hydrogen-bond donors (Lipinski definition) is 0. The van der Waals surface area contributed by atoms with Crippen LogP contribution in [0.4, 0.5) is 0 Å². The van der Waals surface area contributed by atoms with Crippen molar-refractivity contribution in [3.05, 3.63) is 307 Å². The number of imidazole rings is 1. The van der Waals surface area contributed by atoms with Gasteiger partial charge in [0.05, 0.1) is 51.0 Å². The molecule has 7 heteroatoms. The third-order valence-electron chi connectivity index (χ3n) is 16.3. The molecule has 0 radical (unpaired) electrons. The smallest absolute Gasteiger partial charge is 0.268 e. The van der Waals surface area contributed by atoms with Gasteiger partial charge in [0.2, 0.25) is 0 Å². The van der Waals surface area contributed by atoms with Gasteiger partial charge in [0.25, 0.3) is 6.33 Å². The van der Waals surface area contributed by atoms with Crippen molar-refractivity contribution in [2.24, 2.45) is 0 Å². The maximum atomic E-state index is 10.2. The zero-order valence-corrected chi connectivity index (χ0v) is 54.8. The van der Waals surface area contributed by atoms with E-state index in [2.05, 4.69) is 78.2 Å². The van der Waals surface area contributed by atoms with Gasteiger partial charge in [0.1, 0.15) is 5.82 Å². The summed E-state index contributed by atoms with van der Waals surface area (Å²) in [6.07, 6.45) is 4.64. The largest absolute Gasteiger partial charge is 0.510 e. The second-order valence-corrected chi connectivity index (χ2v) is 28.8. The summed E-state index contributed by atoms with van der Waals surface area (Å²) in [6, 6.07) is 14.7. The fourth-order valence-electron chi connectivity index (χ4n) is 11.6. The number of para-hydroxylation sites is 1. The van der Waals surface area contributed by atoms with Gasteiger partial charge < -0.3 is 13.9 Å². The Bertz CT molecular complexity index is 6390. The quantitative estimate of drug-likeness (QED) is 0.0529. The van der Waals surface area contributed by atoms with Gasteiger partial charge >= 0.3 is 0 Å². The first-order valence-electron chi connectivity index (χ1n) is 43.4. The van der Waals surface area contributed by atoms with E-state index >= 15 is 0 Å². The maximum absolute atomic E-state index is 10.2. The summed E-state index contributed by atoms with van der Waals surface area (Å²) in [6.45, 7) is 14.7. The fourth-order valence-corrected chi connectivity index (χ4v) is 15.7. The molecule has 0 unspecified atom stereocenters. The topological polar surface area (TPSA) is 35.9 Å². The molecule has 0 aliphatic rings. The summed E-state index contributed by atoms with van der Waals surface area (Å²) in [5, 5.41) is -1.77. The van der Waals surface area contributed by atoms with Crippen molar-refractivity contribution >= 4 is 61.7 Å². The molecule has 0 aliphatic heterocycles. The molecule has 14 aromatic rings. The third-order valence-corrected chi connectivity index (χ3v) is 20.5. The maximum Gasteiger partial charge on any atom is 0.268 e. The normalized spacial score (nSPS) is 16.6. The summed E-state index contributed by atoms with van der Waals surface area (Å²) in [4.78, 5) is 4.72. The van der Waals surface area contributed by atoms with Crippen molar-refractivity contribution in [1.82, 2.24) is 14.1 Å². The molecule has 14 rings (SSSR count). The van der Waals surface area contributed by atoms with Crippen molar-refractivity contribution < 1.29 is 68.8 Å². The summed E-state index contributed by atoms with van der Waals surface area (Å²) in [5.41, 5.74) is 0.483. The van der Waals surface area contributed by atoms with Crippen LogP contribution in [-0.2, 0) is 37.3 Å². The molecule has 0 atom stereocenters. The molecule has 0 fully saturated rings. The fraction of sp³-hybridized carbons (Fsp3) is 0.153. The summed E-state index contributed by atoms with van der Waals surface area (Å²) >= 11 is 0. The van der Waals surface area contributed by atoms with Gasteiger partial charge in [0.15, 0.2) is 8.07 Å². The standard InChI is InChI=1S/C85H74N4OSi.Pt/c1-58-47-81(86-56-75(58)60-31-18-12-19-32-60)89-76-42-27-26-41-72(76)73-45-44-68(55-78(73)89)90-67-34-28-33-66(54-67)87-57-88(77-46-43-61(50-79(77)87)62-48-63(83(2,3)4)51-64(49-62)84(5,6)7)82-74(59-29-16-11-17-30-59)52-65(85(8,9)10)53-80(82)91(69-35-20-13-21-36-69,70-37-22-14-23-38-70)71-39-24-15-25-40-71;/h11-53,56H,1-10H3;/q-2;/i1D3,11D,12D,13D,14D,15D,16D,17D,18D,19D,20D,21D,22D,23D,24D,25D,29D,30D,31D,32D,35D,36D,37D,38D,39D,40D;. The number of pyridine rings is 1. The van der Waals surface area contributed by atoms with Crippen molar-refractivity contribution in [1.29, 1.82) is 0 Å². The molecule has 11 aromatic carbocycles. The molecule has 0 aliphatic carbocycles. The zero-order valence-electron chi connectivity index (χ0n) is 79.5. The average molecular weight is 1420 g/mol. The first-order chi connectivity index (χ1) is 55.5. The molecule has 0 amide bonds. The number of rotatable bonds is 12. The van der Waals surface area contributed by atoms with Crippen LogP contribution in [0.2, 0.25) is 0 Å². The average Bonchev–Trinajstić information content (AvgIpc) is 0.788. The van der Waals surface area contributed by atoms with Gasteiger partial charge in [-0.05, 0) is 123 Å². The van der Waals surface area contributed by atoms with Crippen LogP contribution >= 0.6 is 0 Å². The van der Waals surface area contributed by atoms with E-state index in [0.717, 1.165) is 22.9 Å². The molecule has 0 N–H and O–H groups in total. The number of ether oxygens (including phenoxy) is 1. The summed E-state index contributed by atoms with van der Waals surface area (Å²) < 4.78 is 274. The van der Waals surface area contributed by atoms with Crippen molar-refractivity contribution in [3.8, 4) is 62.1 Å². The number of aromatic nitrogens is 4. The molecule has 3 heterocycles. The molecular weight excluding hydrogens is 1320 g/mol. The predicted octanol–water partition coefficient (Wildman–Crippen LogP) is 18.2. The monoisotopic (exact) mass is 1420 g/mol. The summed E-state index contributed by atoms with van der Waals surface area (Å²) in [5.74, 6) is 0.126. The van der Waals surface area contributed by atoms with Gasteiger partial charge in [-0.25, -0.2) is 4.98 Å². The molecule has 0 saturated heterocycles. The molecule has 3 aromatic heterocycles. The van der Waals surface area contributed by atoms with Gasteiger partial charge in [0, 0.05) is 54.0 Å². The Morgan fingerprint density at radius 2 is 1.04 bits per heavy atom. The van der Waals surface area contributed by atoms with E-state index in [1.807, 2.05) is 12.1 Å². The Hall–Kier alpha value is -9.45. The van der Waals surface area contributed by atoms with E-state index < -0.39 is 214 Å². The second kappa shape index (κ2) is 24.3. The Morgan fingerprint density at radius 3 is 1.63 bits per heavy atom. The molecular formula is C85H74N4OPtSi-2. The molecule has 0 saturated carbocycles. The van der Waals surface area contributed by atoms with Crippen LogP contribution in [0.3, 0.4) is 0 Å². The summed E-state index contributed by atoms with van der Waals surface area (Å²) in [7, 11) is -6.31. The van der Waals surface area contributed by atoms with Gasteiger partial charge in [-0.1, -0.05) is 280 Å². The van der Waals surface area contributed by atoms with Gasteiger partial charge in [-0.3, -0.25) is 4.57 Å². The van der Waals surface area contributed by atoms with E-state index in [1.54, 1.807) is 86.0 Å². The minimum Gasteiger partial charge on any atom is -0.510 e. The van der Waals surface area contributed by atoms with E-state index in [0.29, 0.717) is 27.4 Å². The van der Waals surface area contributed by atoms with E-state index in [9.17, 15) is 21.9 Å². The minimum atomic E-state index is -6.31. The number of hydrogen-bond acceptors (Lipinski definition) is 2. The van der Waals surface area contributed by atoms with Gasteiger partial charge in [-0.2, -0.15) is 18.2 Å². The molecule has 5 nitrogen and oxygen atoms in total. The van der Waals surface area contributed by atoms with Crippen LogP contribution in [-0.4, -0.2) is 22.2 Å². The van der Waals surface area contributed by atoms with Crippen molar-refractivity contribution in [2.75, 3.05) is 0 Å². The number of aryl methyl sites for hydroxylation is 1. The van der Waals surface area contributed by atoms with Gasteiger partial charge in [-0.15, -0.1) is 29.7 Å². The Morgan fingerprint density at radius 1 is 0.489 bits per heavy atom. The second-order valence-electron chi connectivity index (χ2n) is 25.2. The van der Waals surface area contributed by atoms with E-state index in [4.69, 9.17) is 26.2 Å². The number of nitrogens with zero attached hydrogens (tertiary/aromatic N) is 4. The predicted molar refractivity (Wildman–Crippen MR) is 381 cm³/mol. The first kappa shape index (κ1) is 36.6. The van der Waals surface area contributed by atoms with Crippen LogP contribution in [0.15, 0.2) is 266 Å². The zero-order chi connectivity index (χ0) is 87.1. The molecule has 0 bridgehead atoms. The molecule has 92 heavy (non-hydrogen) atoms. The van der Waals surface area contributed by atoms with Crippen LogP contribution in [0.5, 0.6) is 11.5 Å². The van der Waals surface area contributed by atoms with Crippen molar-refractivity contribution in [3.63, 3.8) is 0 Å². The SMILES string of the molecule is [2H]c1c([2H])c([2H])c(-c2cnc(-n3c4[c-]c(Oc5[c-]c(-n6[c-][n+](-c7c(-c8c([2H])c([2H])c([2H])c([2H])c8[2H])cc(C(C)(C)C)cc7[Si](c7c([2H])c([2H])c([2H])c([2H])c7[2H])(c7c([2H])c([2H])c([2H])c([2H])c7[2H])c7c([2H])c([2H])c([2H])c([2H])c7[2H])c7ccc(-c8cc(C(C)(C)C)cc(C(C)(C)C)c8)cc76)ccc5)ccc4c4ccccc43)cc2C([2H])([2H])[2H])c([2H])c1[2H].[Pt]. The molecule has 456 valence electrons. The van der Waals surface area contributed by atoms with Crippen LogP contribution < -0.4 is 30.1 Å². The first-order valence-corrected chi connectivity index (χ1v) is 31.4. The third kappa shape index (κ3) is 11.3. The van der Waals surface area contributed by atoms with E-state index in [1.165, 1.54) is 27.3 Å². The van der Waals surface area contributed by atoms with Crippen LogP contribution in [0.1, 0.15) is 123 Å². The van der Waals surface area contributed by atoms with Crippen LogP contribution in [0, 0.1) is 25.3 Å². The minimum absolute atomic E-state index is 0. The number of benzene rings is 11. The van der Waals surface area contributed by atoms with Crippen molar-refractivity contribution in [2.45, 2.75) is 85.4 Å². The Kier molecular flexibility index (Phi) is 9.65. The Labute approximate surface area is 597 Å². The van der Waals surface area contributed by atoms with Crippen LogP contribution in [0.25, 0.3) is 83.4 Å². The Balaban J connectivity index is 0.0000124. The molecule has 0 spiro atoms. The van der Waals surface area contributed by atoms with E-state index in [-0.39, 0.29) is 82.9 Å².